The Morgan fingerprint density at radius 2 is 1.81 bits per heavy atom. The summed E-state index contributed by atoms with van der Waals surface area (Å²) in [6, 6.07) is 6.03. The van der Waals surface area contributed by atoms with Gasteiger partial charge in [-0.05, 0) is 43.4 Å². The first-order valence-corrected chi connectivity index (χ1v) is 12.6. The number of benzene rings is 1. The number of nitrogens with one attached hydrogen (secondary N) is 1. The van der Waals surface area contributed by atoms with Crippen LogP contribution in [0.1, 0.15) is 88.3 Å². The summed E-state index contributed by atoms with van der Waals surface area (Å²) in [5.74, 6) is 1.80. The SMILES string of the molecule is CCC(C)(C)c1nc2cc(C(=O)NN3CCOCC3)ccc2n1CC1CCCCCCC1. The molecule has 2 heterocycles. The van der Waals surface area contributed by atoms with Gasteiger partial charge in [-0.2, -0.15) is 0 Å². The second-order valence-corrected chi connectivity index (χ2v) is 10.2. The van der Waals surface area contributed by atoms with Crippen LogP contribution in [-0.2, 0) is 16.7 Å². The van der Waals surface area contributed by atoms with Gasteiger partial charge in [0.05, 0.1) is 24.2 Å². The average molecular weight is 441 g/mol. The molecule has 1 saturated heterocycles. The Bertz CT molecular complexity index is 906. The molecule has 176 valence electrons. The maximum atomic E-state index is 12.9. The van der Waals surface area contributed by atoms with Crippen LogP contribution in [0.25, 0.3) is 11.0 Å². The highest BCUT2D eigenvalue weighted by atomic mass is 16.5. The van der Waals surface area contributed by atoms with Crippen LogP contribution >= 0.6 is 0 Å². The number of carbonyl (C=O) groups excluding carboxylic acids is 1. The molecular weight excluding hydrogens is 400 g/mol. The molecule has 2 fully saturated rings. The fourth-order valence-electron chi connectivity index (χ4n) is 5.00. The highest BCUT2D eigenvalue weighted by molar-refractivity contribution is 5.97. The molecule has 1 aliphatic heterocycles. The van der Waals surface area contributed by atoms with Gasteiger partial charge in [-0.15, -0.1) is 0 Å². The number of ether oxygens (including phenoxy) is 1. The lowest BCUT2D eigenvalue weighted by Crippen LogP contribution is -2.48. The van der Waals surface area contributed by atoms with Crippen LogP contribution in [-0.4, -0.2) is 46.8 Å². The number of aromatic nitrogens is 2. The van der Waals surface area contributed by atoms with Crippen LogP contribution in [0.2, 0.25) is 0 Å². The first-order chi connectivity index (χ1) is 15.5. The summed E-state index contributed by atoms with van der Waals surface area (Å²) in [7, 11) is 0. The lowest BCUT2D eigenvalue weighted by atomic mass is 9.88. The number of amides is 1. The number of morpholine rings is 1. The van der Waals surface area contributed by atoms with Gasteiger partial charge in [0, 0.05) is 30.6 Å². The predicted molar refractivity (Wildman–Crippen MR) is 129 cm³/mol. The van der Waals surface area contributed by atoms with Gasteiger partial charge in [-0.1, -0.05) is 52.9 Å². The Morgan fingerprint density at radius 3 is 2.50 bits per heavy atom. The van der Waals surface area contributed by atoms with Crippen LogP contribution in [0.3, 0.4) is 0 Å². The minimum atomic E-state index is -0.0698. The van der Waals surface area contributed by atoms with Crippen molar-refractivity contribution in [2.45, 2.75) is 84.1 Å². The van der Waals surface area contributed by atoms with E-state index in [-0.39, 0.29) is 11.3 Å². The summed E-state index contributed by atoms with van der Waals surface area (Å²) in [4.78, 5) is 18.0. The maximum Gasteiger partial charge on any atom is 0.265 e. The summed E-state index contributed by atoms with van der Waals surface area (Å²) in [5, 5.41) is 1.94. The van der Waals surface area contributed by atoms with Crippen molar-refractivity contribution in [2.75, 3.05) is 26.3 Å². The van der Waals surface area contributed by atoms with E-state index >= 15 is 0 Å². The van der Waals surface area contributed by atoms with E-state index in [2.05, 4.69) is 36.8 Å². The molecule has 0 bridgehead atoms. The minimum Gasteiger partial charge on any atom is -0.379 e. The van der Waals surface area contributed by atoms with Crippen molar-refractivity contribution >= 4 is 16.9 Å². The average Bonchev–Trinajstić information content (AvgIpc) is 3.14. The zero-order valence-corrected chi connectivity index (χ0v) is 20.2. The second-order valence-electron chi connectivity index (χ2n) is 10.2. The fraction of sp³-hybridized carbons (Fsp3) is 0.692. The van der Waals surface area contributed by atoms with Crippen molar-refractivity contribution < 1.29 is 9.53 Å². The molecule has 1 amide bonds. The number of carbonyl (C=O) groups is 1. The third-order valence-electron chi connectivity index (χ3n) is 7.44. The van der Waals surface area contributed by atoms with E-state index in [1.165, 1.54) is 44.9 Å². The van der Waals surface area contributed by atoms with Crippen molar-refractivity contribution in [2.24, 2.45) is 5.92 Å². The molecule has 1 aromatic heterocycles. The Morgan fingerprint density at radius 1 is 1.12 bits per heavy atom. The smallest absolute Gasteiger partial charge is 0.265 e. The summed E-state index contributed by atoms with van der Waals surface area (Å²) < 4.78 is 7.84. The third-order valence-corrected chi connectivity index (χ3v) is 7.44. The van der Waals surface area contributed by atoms with Gasteiger partial charge < -0.3 is 9.30 Å². The summed E-state index contributed by atoms with van der Waals surface area (Å²) in [6.45, 7) is 10.6. The molecule has 0 atom stereocenters. The fourth-order valence-corrected chi connectivity index (χ4v) is 5.00. The number of hydrogen-bond donors (Lipinski definition) is 1. The van der Waals surface area contributed by atoms with E-state index in [0.29, 0.717) is 24.7 Å². The lowest BCUT2D eigenvalue weighted by molar-refractivity contribution is 0.0126. The maximum absolute atomic E-state index is 12.9. The van der Waals surface area contributed by atoms with Crippen LogP contribution in [0.5, 0.6) is 0 Å². The van der Waals surface area contributed by atoms with Gasteiger partial charge in [0.2, 0.25) is 0 Å². The van der Waals surface area contributed by atoms with Crippen LogP contribution in [0.4, 0.5) is 0 Å². The molecule has 0 radical (unpaired) electrons. The Balaban J connectivity index is 1.62. The summed E-state index contributed by atoms with van der Waals surface area (Å²) >= 11 is 0. The molecule has 1 aromatic carbocycles. The minimum absolute atomic E-state index is 0.00311. The van der Waals surface area contributed by atoms with Gasteiger partial charge in [-0.25, -0.2) is 9.99 Å². The number of fused-ring (bicyclic) bond motifs is 1. The monoisotopic (exact) mass is 440 g/mol. The highest BCUT2D eigenvalue weighted by Gasteiger charge is 2.28. The van der Waals surface area contributed by atoms with Crippen LogP contribution in [0, 0.1) is 5.92 Å². The van der Waals surface area contributed by atoms with Crippen molar-refractivity contribution in [1.29, 1.82) is 0 Å². The van der Waals surface area contributed by atoms with E-state index in [1.807, 2.05) is 17.1 Å². The molecule has 1 N–H and O–H groups in total. The van der Waals surface area contributed by atoms with Crippen molar-refractivity contribution in [3.05, 3.63) is 29.6 Å². The first kappa shape index (κ1) is 23.2. The van der Waals surface area contributed by atoms with E-state index < -0.39 is 0 Å². The number of nitrogens with zero attached hydrogens (tertiary/aromatic N) is 3. The largest absolute Gasteiger partial charge is 0.379 e. The lowest BCUT2D eigenvalue weighted by Gasteiger charge is -2.27. The molecule has 1 saturated carbocycles. The number of rotatable bonds is 6. The normalized spacial score (nSPS) is 19.6. The molecule has 2 aromatic rings. The molecule has 6 heteroatoms. The van der Waals surface area contributed by atoms with Crippen LogP contribution in [0.15, 0.2) is 18.2 Å². The van der Waals surface area contributed by atoms with E-state index in [0.717, 1.165) is 42.9 Å². The van der Waals surface area contributed by atoms with E-state index in [1.54, 1.807) is 0 Å². The van der Waals surface area contributed by atoms with Gasteiger partial charge in [-0.3, -0.25) is 10.2 Å². The molecule has 0 unspecified atom stereocenters. The topological polar surface area (TPSA) is 59.4 Å². The summed E-state index contributed by atoms with van der Waals surface area (Å²) in [6.07, 6.45) is 10.5. The zero-order chi connectivity index (χ0) is 22.6. The van der Waals surface area contributed by atoms with Gasteiger partial charge in [0.25, 0.3) is 5.91 Å². The molecular formula is C26H40N4O2. The Kier molecular flexibility index (Phi) is 7.51. The number of imidazole rings is 1. The molecule has 32 heavy (non-hydrogen) atoms. The third kappa shape index (κ3) is 5.34. The Hall–Kier alpha value is -1.92. The van der Waals surface area contributed by atoms with E-state index in [4.69, 9.17) is 9.72 Å². The van der Waals surface area contributed by atoms with Gasteiger partial charge in [0.15, 0.2) is 0 Å². The molecule has 0 spiro atoms. The molecule has 4 rings (SSSR count). The molecule has 1 aliphatic carbocycles. The highest BCUT2D eigenvalue weighted by Crippen LogP contribution is 2.32. The molecule has 2 aliphatic rings. The van der Waals surface area contributed by atoms with E-state index in [9.17, 15) is 4.79 Å². The molecule has 6 nitrogen and oxygen atoms in total. The Labute approximate surface area is 192 Å². The van der Waals surface area contributed by atoms with Gasteiger partial charge in [0.1, 0.15) is 5.82 Å². The first-order valence-electron chi connectivity index (χ1n) is 12.6. The summed E-state index contributed by atoms with van der Waals surface area (Å²) in [5.41, 5.74) is 5.78. The van der Waals surface area contributed by atoms with Crippen molar-refractivity contribution in [3.63, 3.8) is 0 Å². The van der Waals surface area contributed by atoms with Crippen molar-refractivity contribution in [1.82, 2.24) is 20.0 Å². The number of hydrazine groups is 1. The predicted octanol–water partition coefficient (Wildman–Crippen LogP) is 5.06. The van der Waals surface area contributed by atoms with Crippen molar-refractivity contribution in [3.8, 4) is 0 Å². The number of hydrogen-bond acceptors (Lipinski definition) is 4. The zero-order valence-electron chi connectivity index (χ0n) is 20.2. The second kappa shape index (κ2) is 10.3. The standard InChI is InChI=1S/C26H40N4O2/c1-4-26(2,3)25-27-22-18-21(24(31)28-29-14-16-32-17-15-29)12-13-23(22)30(25)19-20-10-8-6-5-7-9-11-20/h12-13,18,20H,4-11,14-17,19H2,1-3H3,(H,28,31). The quantitative estimate of drug-likeness (QED) is 0.682. The van der Waals surface area contributed by atoms with Gasteiger partial charge >= 0.3 is 0 Å². The van der Waals surface area contributed by atoms with Crippen LogP contribution < -0.4 is 5.43 Å².